The van der Waals surface area contributed by atoms with Crippen molar-refractivity contribution in [1.29, 1.82) is 0 Å². The summed E-state index contributed by atoms with van der Waals surface area (Å²) in [6, 6.07) is 5.72. The molecule has 0 aromatic heterocycles. The normalized spacial score (nSPS) is 14.8. The van der Waals surface area contributed by atoms with Gasteiger partial charge < -0.3 is 15.9 Å². The number of aromatic carboxylic acids is 1. The minimum atomic E-state index is -0.996. The molecule has 0 radical (unpaired) electrons. The molecule has 0 spiro atoms. The average Bonchev–Trinajstić information content (AvgIpc) is 2.16. The predicted octanol–water partition coefficient (Wildman–Crippen LogP) is 0.765. The monoisotopic (exact) mass is 195 g/mol. The summed E-state index contributed by atoms with van der Waals surface area (Å²) in [6.07, 6.45) is -0.695. The molecule has 14 heavy (non-hydrogen) atoms. The number of aliphatic hydroxyl groups excluding tert-OH is 1. The standard InChI is InChI=1S/C10H13NO3/c1-6(12)9(11)7-3-2-4-8(5-7)10(13)14/h2-6,9,12H,11H2,1H3,(H,13,14)/t6-,9+/m0/s1. The van der Waals surface area contributed by atoms with Gasteiger partial charge in [0.15, 0.2) is 0 Å². The molecular formula is C10H13NO3. The predicted molar refractivity (Wildman–Crippen MR) is 52.0 cm³/mol. The molecule has 1 aromatic rings. The molecule has 0 saturated heterocycles. The van der Waals surface area contributed by atoms with Crippen LogP contribution in [0.4, 0.5) is 0 Å². The summed E-state index contributed by atoms with van der Waals surface area (Å²) >= 11 is 0. The molecule has 1 aromatic carbocycles. The number of carboxylic acid groups (broad SMARTS) is 1. The van der Waals surface area contributed by atoms with Gasteiger partial charge >= 0.3 is 5.97 Å². The van der Waals surface area contributed by atoms with Crippen LogP contribution < -0.4 is 5.73 Å². The highest BCUT2D eigenvalue weighted by Gasteiger charge is 2.13. The van der Waals surface area contributed by atoms with Gasteiger partial charge in [-0.15, -0.1) is 0 Å². The first-order valence-electron chi connectivity index (χ1n) is 4.29. The minimum absolute atomic E-state index is 0.179. The minimum Gasteiger partial charge on any atom is -0.478 e. The Morgan fingerprint density at radius 1 is 1.50 bits per heavy atom. The maximum Gasteiger partial charge on any atom is 0.335 e. The molecule has 4 N–H and O–H groups in total. The number of benzene rings is 1. The summed E-state index contributed by atoms with van der Waals surface area (Å²) < 4.78 is 0. The van der Waals surface area contributed by atoms with Crippen molar-refractivity contribution in [2.45, 2.75) is 19.1 Å². The van der Waals surface area contributed by atoms with E-state index < -0.39 is 18.1 Å². The van der Waals surface area contributed by atoms with Gasteiger partial charge in [-0.25, -0.2) is 4.79 Å². The van der Waals surface area contributed by atoms with E-state index in [1.807, 2.05) is 0 Å². The Morgan fingerprint density at radius 2 is 2.14 bits per heavy atom. The van der Waals surface area contributed by atoms with Gasteiger partial charge in [-0.3, -0.25) is 0 Å². The molecule has 0 amide bonds. The number of hydrogen-bond acceptors (Lipinski definition) is 3. The van der Waals surface area contributed by atoms with Crippen LogP contribution in [0.15, 0.2) is 24.3 Å². The van der Waals surface area contributed by atoms with Crippen molar-refractivity contribution in [2.24, 2.45) is 5.73 Å². The van der Waals surface area contributed by atoms with Crippen LogP contribution in [0.25, 0.3) is 0 Å². The zero-order chi connectivity index (χ0) is 10.7. The van der Waals surface area contributed by atoms with Crippen LogP contribution in [-0.2, 0) is 0 Å². The Bertz CT molecular complexity index is 336. The van der Waals surface area contributed by atoms with Gasteiger partial charge in [-0.05, 0) is 24.6 Å². The fourth-order valence-electron chi connectivity index (χ4n) is 1.16. The lowest BCUT2D eigenvalue weighted by Gasteiger charge is -2.15. The summed E-state index contributed by atoms with van der Waals surface area (Å²) in [5.74, 6) is -0.996. The van der Waals surface area contributed by atoms with Crippen LogP contribution in [0.2, 0.25) is 0 Å². The highest BCUT2D eigenvalue weighted by Crippen LogP contribution is 2.15. The number of carbonyl (C=O) groups is 1. The Balaban J connectivity index is 2.99. The quantitative estimate of drug-likeness (QED) is 0.665. The first kappa shape index (κ1) is 10.7. The maximum absolute atomic E-state index is 10.6. The van der Waals surface area contributed by atoms with Gasteiger partial charge in [0, 0.05) is 0 Å². The van der Waals surface area contributed by atoms with Gasteiger partial charge in [0.2, 0.25) is 0 Å². The number of aliphatic hydroxyl groups is 1. The summed E-state index contributed by atoms with van der Waals surface area (Å²) in [5.41, 5.74) is 6.47. The molecular weight excluding hydrogens is 182 g/mol. The SMILES string of the molecule is C[C@H](O)[C@@H](N)c1cccc(C(=O)O)c1. The lowest BCUT2D eigenvalue weighted by Crippen LogP contribution is -2.23. The lowest BCUT2D eigenvalue weighted by molar-refractivity contribution is 0.0696. The van der Waals surface area contributed by atoms with E-state index >= 15 is 0 Å². The summed E-state index contributed by atoms with van der Waals surface area (Å²) in [6.45, 7) is 1.57. The molecule has 0 heterocycles. The molecule has 0 saturated carbocycles. The molecule has 0 unspecified atom stereocenters. The largest absolute Gasteiger partial charge is 0.478 e. The molecule has 0 fully saturated rings. The van der Waals surface area contributed by atoms with E-state index in [1.54, 1.807) is 19.1 Å². The lowest BCUT2D eigenvalue weighted by atomic mass is 10.0. The summed E-state index contributed by atoms with van der Waals surface area (Å²) in [5, 5.41) is 18.0. The van der Waals surface area contributed by atoms with Crippen LogP contribution in [0.5, 0.6) is 0 Å². The fraction of sp³-hybridized carbons (Fsp3) is 0.300. The number of hydrogen-bond donors (Lipinski definition) is 3. The van der Waals surface area contributed by atoms with E-state index in [1.165, 1.54) is 12.1 Å². The van der Waals surface area contributed by atoms with E-state index in [0.29, 0.717) is 5.56 Å². The van der Waals surface area contributed by atoms with Crippen LogP contribution in [-0.4, -0.2) is 22.3 Å². The topological polar surface area (TPSA) is 83.5 Å². The second-order valence-electron chi connectivity index (χ2n) is 3.20. The maximum atomic E-state index is 10.6. The Morgan fingerprint density at radius 3 is 2.64 bits per heavy atom. The third kappa shape index (κ3) is 2.31. The summed E-state index contributed by atoms with van der Waals surface area (Å²) in [4.78, 5) is 10.6. The van der Waals surface area contributed by atoms with Crippen molar-refractivity contribution in [1.82, 2.24) is 0 Å². The molecule has 0 bridgehead atoms. The third-order valence-corrected chi connectivity index (χ3v) is 2.04. The molecule has 4 heteroatoms. The Hall–Kier alpha value is -1.39. The first-order valence-corrected chi connectivity index (χ1v) is 4.29. The van der Waals surface area contributed by atoms with Crippen LogP contribution in [0.1, 0.15) is 28.9 Å². The Labute approximate surface area is 82.0 Å². The van der Waals surface area contributed by atoms with Crippen molar-refractivity contribution in [3.8, 4) is 0 Å². The van der Waals surface area contributed by atoms with E-state index in [9.17, 15) is 9.90 Å². The molecule has 2 atom stereocenters. The molecule has 0 aliphatic carbocycles. The van der Waals surface area contributed by atoms with Crippen LogP contribution >= 0.6 is 0 Å². The van der Waals surface area contributed by atoms with E-state index in [4.69, 9.17) is 10.8 Å². The van der Waals surface area contributed by atoms with Crippen molar-refractivity contribution in [3.05, 3.63) is 35.4 Å². The highest BCUT2D eigenvalue weighted by atomic mass is 16.4. The number of rotatable bonds is 3. The molecule has 76 valence electrons. The first-order chi connectivity index (χ1) is 6.52. The zero-order valence-corrected chi connectivity index (χ0v) is 7.84. The van der Waals surface area contributed by atoms with Crippen molar-refractivity contribution >= 4 is 5.97 Å². The van der Waals surface area contributed by atoms with Gasteiger partial charge in [0.25, 0.3) is 0 Å². The van der Waals surface area contributed by atoms with Gasteiger partial charge in [0.1, 0.15) is 0 Å². The van der Waals surface area contributed by atoms with Crippen LogP contribution in [0, 0.1) is 0 Å². The average molecular weight is 195 g/mol. The fourth-order valence-corrected chi connectivity index (χ4v) is 1.16. The van der Waals surface area contributed by atoms with E-state index in [0.717, 1.165) is 0 Å². The second-order valence-corrected chi connectivity index (χ2v) is 3.20. The molecule has 4 nitrogen and oxygen atoms in total. The van der Waals surface area contributed by atoms with E-state index in [2.05, 4.69) is 0 Å². The second kappa shape index (κ2) is 4.21. The molecule has 0 aliphatic rings. The van der Waals surface area contributed by atoms with Gasteiger partial charge in [0.05, 0.1) is 17.7 Å². The van der Waals surface area contributed by atoms with Crippen molar-refractivity contribution in [2.75, 3.05) is 0 Å². The summed E-state index contributed by atoms with van der Waals surface area (Å²) in [7, 11) is 0. The van der Waals surface area contributed by atoms with Gasteiger partial charge in [-0.2, -0.15) is 0 Å². The van der Waals surface area contributed by atoms with Crippen molar-refractivity contribution in [3.63, 3.8) is 0 Å². The Kier molecular flexibility index (Phi) is 3.22. The van der Waals surface area contributed by atoms with Gasteiger partial charge in [-0.1, -0.05) is 12.1 Å². The third-order valence-electron chi connectivity index (χ3n) is 2.04. The molecule has 1 rings (SSSR count). The zero-order valence-electron chi connectivity index (χ0n) is 7.84. The van der Waals surface area contributed by atoms with Crippen LogP contribution in [0.3, 0.4) is 0 Å². The number of carboxylic acids is 1. The highest BCUT2D eigenvalue weighted by molar-refractivity contribution is 5.87. The van der Waals surface area contributed by atoms with Crippen molar-refractivity contribution < 1.29 is 15.0 Å². The smallest absolute Gasteiger partial charge is 0.335 e. The molecule has 0 aliphatic heterocycles. The number of nitrogens with two attached hydrogens (primary N) is 1. The van der Waals surface area contributed by atoms with E-state index in [-0.39, 0.29) is 5.56 Å².